The number of anilines is 1. The molecule has 1 fully saturated rings. The van der Waals surface area contributed by atoms with E-state index in [4.69, 9.17) is 9.47 Å². The summed E-state index contributed by atoms with van der Waals surface area (Å²) in [6.45, 7) is 1.88. The Morgan fingerprint density at radius 1 is 1.19 bits per heavy atom. The minimum absolute atomic E-state index is 0.0651. The lowest BCUT2D eigenvalue weighted by Crippen LogP contribution is -2.38. The first-order chi connectivity index (χ1) is 12.6. The summed E-state index contributed by atoms with van der Waals surface area (Å²) < 4.78 is 24.1. The Bertz CT molecular complexity index is 759. The summed E-state index contributed by atoms with van der Waals surface area (Å²) >= 11 is 0. The summed E-state index contributed by atoms with van der Waals surface area (Å²) in [6.07, 6.45) is 1.71. The Hall–Kier alpha value is -2.67. The quantitative estimate of drug-likeness (QED) is 0.577. The third kappa shape index (κ3) is 4.29. The second-order valence-electron chi connectivity index (χ2n) is 6.26. The maximum atomic E-state index is 13.0. The number of hydrogen-bond donors (Lipinski definition) is 0. The number of nitro benzene ring substituents is 1. The lowest BCUT2D eigenvalue weighted by Gasteiger charge is -2.34. The normalized spacial score (nSPS) is 15.1. The molecule has 1 aliphatic rings. The molecular weight excluding hydrogens is 339 g/mol. The van der Waals surface area contributed by atoms with E-state index in [1.165, 1.54) is 18.2 Å². The standard InChI is InChI=1S/C19H21FN2O4/c1-25-13-14-12-16(22(23)24)4-7-19(14)21-10-8-18(9-11-21)26-17-5-2-15(20)3-6-17/h2-7,12,18H,8-11,13H2,1H3. The number of non-ortho nitro benzene ring substituents is 1. The van der Waals surface area contributed by atoms with E-state index >= 15 is 0 Å². The van der Waals surface area contributed by atoms with Crippen LogP contribution in [0.3, 0.4) is 0 Å². The molecule has 0 unspecified atom stereocenters. The minimum Gasteiger partial charge on any atom is -0.490 e. The molecule has 26 heavy (non-hydrogen) atoms. The van der Waals surface area contributed by atoms with Crippen LogP contribution >= 0.6 is 0 Å². The fourth-order valence-corrected chi connectivity index (χ4v) is 3.19. The minimum atomic E-state index is -0.397. The molecule has 0 spiro atoms. The Labute approximate surface area is 151 Å². The SMILES string of the molecule is COCc1cc([N+](=O)[O-])ccc1N1CCC(Oc2ccc(F)cc2)CC1. The number of ether oxygens (including phenoxy) is 2. The van der Waals surface area contributed by atoms with Crippen molar-refractivity contribution in [2.45, 2.75) is 25.6 Å². The Balaban J connectivity index is 1.65. The van der Waals surface area contributed by atoms with Crippen LogP contribution in [0.2, 0.25) is 0 Å². The van der Waals surface area contributed by atoms with Gasteiger partial charge >= 0.3 is 0 Å². The molecule has 6 nitrogen and oxygen atoms in total. The van der Waals surface area contributed by atoms with Gasteiger partial charge in [-0.05, 0) is 30.3 Å². The summed E-state index contributed by atoms with van der Waals surface area (Å²) in [5.74, 6) is 0.385. The van der Waals surface area contributed by atoms with Crippen LogP contribution in [0.1, 0.15) is 18.4 Å². The van der Waals surface area contributed by atoms with Crippen LogP contribution in [0.4, 0.5) is 15.8 Å². The lowest BCUT2D eigenvalue weighted by molar-refractivity contribution is -0.384. The molecule has 1 heterocycles. The predicted octanol–water partition coefficient (Wildman–Crippen LogP) is 3.93. The average molecular weight is 360 g/mol. The molecule has 1 aliphatic heterocycles. The van der Waals surface area contributed by atoms with E-state index in [-0.39, 0.29) is 17.6 Å². The number of nitrogens with zero attached hydrogens (tertiary/aromatic N) is 2. The van der Waals surface area contributed by atoms with E-state index in [1.807, 2.05) is 0 Å². The molecular formula is C19H21FN2O4. The van der Waals surface area contributed by atoms with Gasteiger partial charge in [-0.15, -0.1) is 0 Å². The van der Waals surface area contributed by atoms with Crippen LogP contribution in [0, 0.1) is 15.9 Å². The van der Waals surface area contributed by atoms with Crippen LogP contribution in [0.5, 0.6) is 5.75 Å². The monoisotopic (exact) mass is 360 g/mol. The van der Waals surface area contributed by atoms with Crippen molar-refractivity contribution in [3.05, 3.63) is 64.0 Å². The molecule has 3 rings (SSSR count). The smallest absolute Gasteiger partial charge is 0.269 e. The molecule has 0 saturated carbocycles. The van der Waals surface area contributed by atoms with Gasteiger partial charge < -0.3 is 14.4 Å². The molecule has 0 N–H and O–H groups in total. The first-order valence-electron chi connectivity index (χ1n) is 8.50. The van der Waals surface area contributed by atoms with Crippen molar-refractivity contribution >= 4 is 11.4 Å². The van der Waals surface area contributed by atoms with E-state index in [0.29, 0.717) is 12.4 Å². The van der Waals surface area contributed by atoms with E-state index in [9.17, 15) is 14.5 Å². The molecule has 2 aromatic carbocycles. The molecule has 0 amide bonds. The third-order valence-corrected chi connectivity index (χ3v) is 4.47. The average Bonchev–Trinajstić information content (AvgIpc) is 2.64. The summed E-state index contributed by atoms with van der Waals surface area (Å²) in [4.78, 5) is 12.8. The van der Waals surface area contributed by atoms with Crippen molar-refractivity contribution in [1.29, 1.82) is 0 Å². The van der Waals surface area contributed by atoms with Crippen molar-refractivity contribution in [2.75, 3.05) is 25.1 Å². The van der Waals surface area contributed by atoms with Crippen molar-refractivity contribution in [2.24, 2.45) is 0 Å². The van der Waals surface area contributed by atoms with Gasteiger partial charge in [0.05, 0.1) is 11.5 Å². The molecule has 0 bridgehead atoms. The summed E-state index contributed by atoms with van der Waals surface area (Å²) in [7, 11) is 1.57. The van der Waals surface area contributed by atoms with Gasteiger partial charge in [-0.3, -0.25) is 10.1 Å². The molecule has 138 valence electrons. The van der Waals surface area contributed by atoms with Crippen molar-refractivity contribution < 1.29 is 18.8 Å². The molecule has 0 radical (unpaired) electrons. The van der Waals surface area contributed by atoms with Gasteiger partial charge in [0.15, 0.2) is 0 Å². The molecule has 1 saturated heterocycles. The summed E-state index contributed by atoms with van der Waals surface area (Å²) in [5, 5.41) is 11.0. The summed E-state index contributed by atoms with van der Waals surface area (Å²) in [6, 6.07) is 10.9. The van der Waals surface area contributed by atoms with E-state index in [2.05, 4.69) is 4.90 Å². The molecule has 0 atom stereocenters. The van der Waals surface area contributed by atoms with Gasteiger partial charge in [-0.25, -0.2) is 4.39 Å². The van der Waals surface area contributed by atoms with Gasteiger partial charge in [-0.1, -0.05) is 0 Å². The lowest BCUT2D eigenvalue weighted by atomic mass is 10.0. The largest absolute Gasteiger partial charge is 0.490 e. The zero-order chi connectivity index (χ0) is 18.5. The number of hydrogen-bond acceptors (Lipinski definition) is 5. The van der Waals surface area contributed by atoms with Crippen LogP contribution in [-0.2, 0) is 11.3 Å². The Morgan fingerprint density at radius 3 is 2.50 bits per heavy atom. The molecule has 0 aromatic heterocycles. The highest BCUT2D eigenvalue weighted by molar-refractivity contribution is 5.58. The number of benzene rings is 2. The maximum Gasteiger partial charge on any atom is 0.269 e. The van der Waals surface area contributed by atoms with Gasteiger partial charge in [0, 0.05) is 56.4 Å². The highest BCUT2D eigenvalue weighted by Crippen LogP contribution is 2.29. The highest BCUT2D eigenvalue weighted by atomic mass is 19.1. The molecule has 2 aromatic rings. The first-order valence-corrected chi connectivity index (χ1v) is 8.50. The van der Waals surface area contributed by atoms with E-state index in [0.717, 1.165) is 37.2 Å². The number of nitro groups is 1. The number of methoxy groups -OCH3 is 1. The molecule has 0 aliphatic carbocycles. The zero-order valence-electron chi connectivity index (χ0n) is 14.6. The number of piperidine rings is 1. The fraction of sp³-hybridized carbons (Fsp3) is 0.368. The Kier molecular flexibility index (Phi) is 5.68. The number of rotatable bonds is 6. The van der Waals surface area contributed by atoms with E-state index in [1.54, 1.807) is 31.4 Å². The molecule has 7 heteroatoms. The maximum absolute atomic E-state index is 13.0. The van der Waals surface area contributed by atoms with Crippen molar-refractivity contribution in [1.82, 2.24) is 0 Å². The fourth-order valence-electron chi connectivity index (χ4n) is 3.19. The van der Waals surface area contributed by atoms with Gasteiger partial charge in [-0.2, -0.15) is 0 Å². The van der Waals surface area contributed by atoms with Crippen LogP contribution < -0.4 is 9.64 Å². The zero-order valence-corrected chi connectivity index (χ0v) is 14.6. The van der Waals surface area contributed by atoms with Gasteiger partial charge in [0.2, 0.25) is 0 Å². The van der Waals surface area contributed by atoms with E-state index < -0.39 is 4.92 Å². The van der Waals surface area contributed by atoms with Gasteiger partial charge in [0.1, 0.15) is 17.7 Å². The second kappa shape index (κ2) is 8.14. The van der Waals surface area contributed by atoms with Crippen LogP contribution in [-0.4, -0.2) is 31.2 Å². The van der Waals surface area contributed by atoms with Crippen molar-refractivity contribution in [3.8, 4) is 5.75 Å². The number of halogens is 1. The van der Waals surface area contributed by atoms with Crippen LogP contribution in [0.15, 0.2) is 42.5 Å². The van der Waals surface area contributed by atoms with Crippen LogP contribution in [0.25, 0.3) is 0 Å². The predicted molar refractivity (Wildman–Crippen MR) is 96.1 cm³/mol. The third-order valence-electron chi connectivity index (χ3n) is 4.47. The first kappa shape index (κ1) is 18.1. The van der Waals surface area contributed by atoms with Gasteiger partial charge in [0.25, 0.3) is 5.69 Å². The second-order valence-corrected chi connectivity index (χ2v) is 6.26. The van der Waals surface area contributed by atoms with Crippen molar-refractivity contribution in [3.63, 3.8) is 0 Å². The summed E-state index contributed by atoms with van der Waals surface area (Å²) in [5.41, 5.74) is 1.83. The topological polar surface area (TPSA) is 64.8 Å². The Morgan fingerprint density at radius 2 is 1.88 bits per heavy atom. The highest BCUT2D eigenvalue weighted by Gasteiger charge is 2.23.